The van der Waals surface area contributed by atoms with Gasteiger partial charge in [-0.05, 0) is 24.0 Å². The van der Waals surface area contributed by atoms with E-state index in [-0.39, 0.29) is 0 Å². The number of benzene rings is 1. The van der Waals surface area contributed by atoms with Gasteiger partial charge in [0.1, 0.15) is 0 Å². The van der Waals surface area contributed by atoms with Gasteiger partial charge in [0.2, 0.25) is 0 Å². The van der Waals surface area contributed by atoms with Gasteiger partial charge in [-0.25, -0.2) is 0 Å². The van der Waals surface area contributed by atoms with Crippen LogP contribution in [0.25, 0.3) is 0 Å². The number of nitrogens with one attached hydrogen (secondary N) is 1. The number of anilines is 1. The minimum atomic E-state index is 0.543. The van der Waals surface area contributed by atoms with Crippen LogP contribution >= 0.6 is 23.4 Å². The fourth-order valence-corrected chi connectivity index (χ4v) is 1.90. The molecule has 0 aliphatic carbocycles. The number of rotatable bonds is 3. The molecular formula is C8H11ClN2S. The summed E-state index contributed by atoms with van der Waals surface area (Å²) < 4.78 is 0. The van der Waals surface area contributed by atoms with Crippen LogP contribution in [0.15, 0.2) is 23.1 Å². The molecule has 2 nitrogen and oxygen atoms in total. The van der Waals surface area contributed by atoms with Gasteiger partial charge < -0.3 is 5.43 Å². The first-order chi connectivity index (χ1) is 5.81. The summed E-state index contributed by atoms with van der Waals surface area (Å²) >= 11 is 7.41. The van der Waals surface area contributed by atoms with Crippen molar-refractivity contribution in [3.63, 3.8) is 0 Å². The van der Waals surface area contributed by atoms with E-state index in [2.05, 4.69) is 5.43 Å². The van der Waals surface area contributed by atoms with Crippen LogP contribution in [0.4, 0.5) is 5.69 Å². The molecule has 1 rings (SSSR count). The van der Waals surface area contributed by atoms with E-state index in [0.29, 0.717) is 5.88 Å². The van der Waals surface area contributed by atoms with Crippen LogP contribution in [0, 0.1) is 0 Å². The Morgan fingerprint density at radius 1 is 1.58 bits per heavy atom. The maximum absolute atomic E-state index is 5.74. The van der Waals surface area contributed by atoms with Gasteiger partial charge in [-0.2, -0.15) is 0 Å². The van der Waals surface area contributed by atoms with Crippen molar-refractivity contribution in [2.45, 2.75) is 10.8 Å². The van der Waals surface area contributed by atoms with Gasteiger partial charge in [-0.3, -0.25) is 5.84 Å². The number of hydrogen-bond donors (Lipinski definition) is 2. The molecule has 0 aliphatic rings. The van der Waals surface area contributed by atoms with Gasteiger partial charge in [0.15, 0.2) is 0 Å². The molecule has 66 valence electrons. The van der Waals surface area contributed by atoms with E-state index in [9.17, 15) is 0 Å². The zero-order chi connectivity index (χ0) is 8.97. The Hall–Kier alpha value is -0.380. The van der Waals surface area contributed by atoms with Crippen molar-refractivity contribution in [3.8, 4) is 0 Å². The van der Waals surface area contributed by atoms with Crippen LogP contribution in [0.2, 0.25) is 0 Å². The van der Waals surface area contributed by atoms with E-state index in [0.717, 1.165) is 11.3 Å². The van der Waals surface area contributed by atoms with Crippen molar-refractivity contribution in [2.75, 3.05) is 11.7 Å². The zero-order valence-corrected chi connectivity index (χ0v) is 8.38. The minimum absolute atomic E-state index is 0.543. The second kappa shape index (κ2) is 4.60. The standard InChI is InChI=1S/C8H11ClN2S/c1-12-8-4-7(11-10)3-2-6(8)5-9/h2-4,11H,5,10H2,1H3. The first-order valence-electron chi connectivity index (χ1n) is 3.51. The molecule has 3 N–H and O–H groups in total. The van der Waals surface area contributed by atoms with E-state index in [1.54, 1.807) is 11.8 Å². The number of nitrogens with two attached hydrogens (primary N) is 1. The van der Waals surface area contributed by atoms with Crippen LogP contribution < -0.4 is 11.3 Å². The highest BCUT2D eigenvalue weighted by Gasteiger charge is 2.00. The summed E-state index contributed by atoms with van der Waals surface area (Å²) in [5, 5.41) is 0. The topological polar surface area (TPSA) is 38.0 Å². The van der Waals surface area contributed by atoms with Crippen LogP contribution in [0.1, 0.15) is 5.56 Å². The van der Waals surface area contributed by atoms with Crippen molar-refractivity contribution >= 4 is 29.1 Å². The molecule has 0 aromatic heterocycles. The summed E-state index contributed by atoms with van der Waals surface area (Å²) in [6.07, 6.45) is 2.02. The number of halogens is 1. The third-order valence-corrected chi connectivity index (χ3v) is 2.71. The van der Waals surface area contributed by atoms with E-state index in [4.69, 9.17) is 17.4 Å². The zero-order valence-electron chi connectivity index (χ0n) is 6.80. The number of hydrogen-bond acceptors (Lipinski definition) is 3. The number of hydrazine groups is 1. The van der Waals surface area contributed by atoms with Gasteiger partial charge in [-0.15, -0.1) is 23.4 Å². The molecule has 0 fully saturated rings. The second-order valence-corrected chi connectivity index (χ2v) is 3.42. The number of nitrogen functional groups attached to an aromatic ring is 1. The lowest BCUT2D eigenvalue weighted by atomic mass is 10.2. The first kappa shape index (κ1) is 9.71. The Balaban J connectivity index is 3.02. The monoisotopic (exact) mass is 202 g/mol. The van der Waals surface area contributed by atoms with E-state index in [1.165, 1.54) is 4.90 Å². The number of alkyl halides is 1. The second-order valence-electron chi connectivity index (χ2n) is 2.30. The molecule has 0 amide bonds. The fourth-order valence-electron chi connectivity index (χ4n) is 0.945. The van der Waals surface area contributed by atoms with Gasteiger partial charge >= 0.3 is 0 Å². The van der Waals surface area contributed by atoms with Crippen molar-refractivity contribution < 1.29 is 0 Å². The maximum Gasteiger partial charge on any atom is 0.0496 e. The molecular weight excluding hydrogens is 192 g/mol. The molecule has 0 spiro atoms. The Bertz CT molecular complexity index is 265. The molecule has 0 aliphatic heterocycles. The summed E-state index contributed by atoms with van der Waals surface area (Å²) in [5.41, 5.74) is 4.65. The Kier molecular flexibility index (Phi) is 3.72. The molecule has 0 bridgehead atoms. The largest absolute Gasteiger partial charge is 0.324 e. The highest BCUT2D eigenvalue weighted by molar-refractivity contribution is 7.98. The summed E-state index contributed by atoms with van der Waals surface area (Å²) in [5.74, 6) is 5.82. The third-order valence-electron chi connectivity index (χ3n) is 1.60. The molecule has 0 unspecified atom stereocenters. The normalized spacial score (nSPS) is 9.92. The average molecular weight is 203 g/mol. The third kappa shape index (κ3) is 2.06. The average Bonchev–Trinajstić information content (AvgIpc) is 2.16. The van der Waals surface area contributed by atoms with E-state index < -0.39 is 0 Å². The minimum Gasteiger partial charge on any atom is -0.324 e. The predicted molar refractivity (Wildman–Crippen MR) is 55.6 cm³/mol. The smallest absolute Gasteiger partial charge is 0.0496 e. The Morgan fingerprint density at radius 3 is 2.83 bits per heavy atom. The molecule has 1 aromatic rings. The van der Waals surface area contributed by atoms with Gasteiger partial charge in [0.25, 0.3) is 0 Å². The van der Waals surface area contributed by atoms with Crippen molar-refractivity contribution in [2.24, 2.45) is 5.84 Å². The Labute approximate surface area is 81.4 Å². The number of thioether (sulfide) groups is 1. The van der Waals surface area contributed by atoms with Gasteiger partial charge in [0, 0.05) is 16.5 Å². The molecule has 12 heavy (non-hydrogen) atoms. The highest BCUT2D eigenvalue weighted by Crippen LogP contribution is 2.24. The van der Waals surface area contributed by atoms with Crippen molar-refractivity contribution in [1.82, 2.24) is 0 Å². The lowest BCUT2D eigenvalue weighted by Gasteiger charge is -2.06. The molecule has 0 heterocycles. The Morgan fingerprint density at radius 2 is 2.33 bits per heavy atom. The lowest BCUT2D eigenvalue weighted by Crippen LogP contribution is -2.06. The maximum atomic E-state index is 5.74. The molecule has 0 saturated carbocycles. The predicted octanol–water partition coefficient (Wildman–Crippen LogP) is 2.43. The first-order valence-corrected chi connectivity index (χ1v) is 5.27. The highest BCUT2D eigenvalue weighted by atomic mass is 35.5. The SMILES string of the molecule is CSc1cc(NN)ccc1CCl. The van der Waals surface area contributed by atoms with Gasteiger partial charge in [-0.1, -0.05) is 6.07 Å². The van der Waals surface area contributed by atoms with Crippen molar-refractivity contribution in [1.29, 1.82) is 0 Å². The van der Waals surface area contributed by atoms with E-state index in [1.807, 2.05) is 24.5 Å². The molecule has 0 saturated heterocycles. The van der Waals surface area contributed by atoms with Crippen LogP contribution in [-0.4, -0.2) is 6.26 Å². The summed E-state index contributed by atoms with van der Waals surface area (Å²) in [7, 11) is 0. The summed E-state index contributed by atoms with van der Waals surface area (Å²) in [6, 6.07) is 5.88. The summed E-state index contributed by atoms with van der Waals surface area (Å²) in [6.45, 7) is 0. The van der Waals surface area contributed by atoms with Crippen LogP contribution in [0.5, 0.6) is 0 Å². The molecule has 0 radical (unpaired) electrons. The van der Waals surface area contributed by atoms with Crippen molar-refractivity contribution in [3.05, 3.63) is 23.8 Å². The lowest BCUT2D eigenvalue weighted by molar-refractivity contribution is 1.24. The summed E-state index contributed by atoms with van der Waals surface area (Å²) in [4.78, 5) is 1.17. The van der Waals surface area contributed by atoms with E-state index >= 15 is 0 Å². The van der Waals surface area contributed by atoms with Crippen LogP contribution in [-0.2, 0) is 5.88 Å². The fraction of sp³-hybridized carbons (Fsp3) is 0.250. The van der Waals surface area contributed by atoms with Gasteiger partial charge in [0.05, 0.1) is 0 Å². The quantitative estimate of drug-likeness (QED) is 0.342. The van der Waals surface area contributed by atoms with Crippen LogP contribution in [0.3, 0.4) is 0 Å². The molecule has 4 heteroatoms. The molecule has 0 atom stereocenters. The molecule has 1 aromatic carbocycles.